The van der Waals surface area contributed by atoms with Crippen LogP contribution in [0, 0.1) is 11.8 Å². The Kier molecular flexibility index (Phi) is 3.76. The van der Waals surface area contributed by atoms with E-state index < -0.39 is 0 Å². The fraction of sp³-hybridized carbons (Fsp3) is 0.750. The molecule has 0 spiro atoms. The number of hydrogen-bond donors (Lipinski definition) is 1. The lowest BCUT2D eigenvalue weighted by Crippen LogP contribution is -2.10. The molecule has 0 radical (unpaired) electrons. The molecule has 1 aromatic rings. The predicted molar refractivity (Wildman–Crippen MR) is 65.3 cm³/mol. The molecule has 2 rings (SSSR count). The third kappa shape index (κ3) is 3.28. The van der Waals surface area contributed by atoms with Crippen molar-refractivity contribution in [3.8, 4) is 0 Å². The Hall–Kier alpha value is -0.410. The van der Waals surface area contributed by atoms with Gasteiger partial charge in [0.1, 0.15) is 0 Å². The minimum Gasteiger partial charge on any atom is -0.316 e. The summed E-state index contributed by atoms with van der Waals surface area (Å²) >= 11 is 1.84. The van der Waals surface area contributed by atoms with Crippen molar-refractivity contribution in [2.45, 2.75) is 33.1 Å². The second-order valence-corrected chi connectivity index (χ2v) is 5.84. The highest BCUT2D eigenvalue weighted by Crippen LogP contribution is 2.19. The number of hydrogen-bond acceptors (Lipinski definition) is 3. The van der Waals surface area contributed by atoms with Gasteiger partial charge in [0.2, 0.25) is 0 Å². The summed E-state index contributed by atoms with van der Waals surface area (Å²) in [6.07, 6.45) is 3.62. The largest absolute Gasteiger partial charge is 0.316 e. The summed E-state index contributed by atoms with van der Waals surface area (Å²) in [4.78, 5) is 4.70. The fourth-order valence-corrected chi connectivity index (χ4v) is 3.01. The second kappa shape index (κ2) is 5.08. The average Bonchev–Trinajstić information content (AvgIpc) is 2.77. The Bertz CT molecular complexity index is 300. The summed E-state index contributed by atoms with van der Waals surface area (Å²) in [5, 5.41) is 6.98. The SMILES string of the molecule is CC(C)Cc1csc(CC2CCNC2)n1. The van der Waals surface area contributed by atoms with Crippen molar-refractivity contribution in [1.82, 2.24) is 10.3 Å². The molecule has 0 aliphatic carbocycles. The van der Waals surface area contributed by atoms with Crippen molar-refractivity contribution < 1.29 is 0 Å². The van der Waals surface area contributed by atoms with Crippen molar-refractivity contribution in [3.63, 3.8) is 0 Å². The summed E-state index contributed by atoms with van der Waals surface area (Å²) in [6, 6.07) is 0. The maximum absolute atomic E-state index is 4.70. The van der Waals surface area contributed by atoms with Crippen LogP contribution in [0.4, 0.5) is 0 Å². The van der Waals surface area contributed by atoms with Crippen LogP contribution in [0.1, 0.15) is 31.0 Å². The van der Waals surface area contributed by atoms with Gasteiger partial charge in [-0.1, -0.05) is 13.8 Å². The molecule has 1 unspecified atom stereocenters. The van der Waals surface area contributed by atoms with Gasteiger partial charge in [-0.15, -0.1) is 11.3 Å². The molecule has 84 valence electrons. The third-order valence-corrected chi connectivity index (χ3v) is 3.76. The number of rotatable bonds is 4. The molecule has 0 saturated carbocycles. The molecule has 1 aliphatic rings. The van der Waals surface area contributed by atoms with Crippen LogP contribution in [0.2, 0.25) is 0 Å². The van der Waals surface area contributed by atoms with Crippen LogP contribution >= 0.6 is 11.3 Å². The van der Waals surface area contributed by atoms with E-state index in [1.807, 2.05) is 11.3 Å². The normalized spacial score (nSPS) is 21.4. The van der Waals surface area contributed by atoms with Crippen LogP contribution < -0.4 is 5.32 Å². The molecule has 2 nitrogen and oxygen atoms in total. The van der Waals surface area contributed by atoms with Crippen molar-refractivity contribution >= 4 is 11.3 Å². The summed E-state index contributed by atoms with van der Waals surface area (Å²) in [5.74, 6) is 1.54. The van der Waals surface area contributed by atoms with E-state index in [4.69, 9.17) is 4.98 Å². The van der Waals surface area contributed by atoms with E-state index in [0.717, 1.165) is 12.3 Å². The molecule has 0 aromatic carbocycles. The molecule has 1 fully saturated rings. The Morgan fingerprint density at radius 2 is 2.47 bits per heavy atom. The molecule has 0 amide bonds. The number of thiazole rings is 1. The Morgan fingerprint density at radius 3 is 3.13 bits per heavy atom. The average molecular weight is 224 g/mol. The smallest absolute Gasteiger partial charge is 0.0931 e. The first kappa shape index (κ1) is 11.1. The zero-order valence-electron chi connectivity index (χ0n) is 9.62. The van der Waals surface area contributed by atoms with Crippen LogP contribution in [0.15, 0.2) is 5.38 Å². The third-order valence-electron chi connectivity index (χ3n) is 2.84. The quantitative estimate of drug-likeness (QED) is 0.850. The van der Waals surface area contributed by atoms with Crippen LogP contribution in [0.25, 0.3) is 0 Å². The summed E-state index contributed by atoms with van der Waals surface area (Å²) < 4.78 is 0. The van der Waals surface area contributed by atoms with E-state index in [-0.39, 0.29) is 0 Å². The van der Waals surface area contributed by atoms with Crippen molar-refractivity contribution in [2.24, 2.45) is 11.8 Å². The second-order valence-electron chi connectivity index (χ2n) is 4.89. The molecule has 3 heteroatoms. The molecule has 0 bridgehead atoms. The Balaban J connectivity index is 1.88. The lowest BCUT2D eigenvalue weighted by molar-refractivity contribution is 0.575. The van der Waals surface area contributed by atoms with Crippen molar-refractivity contribution in [2.75, 3.05) is 13.1 Å². The molecule has 2 heterocycles. The molecule has 1 aliphatic heterocycles. The molecule has 1 saturated heterocycles. The van der Waals surface area contributed by atoms with E-state index in [9.17, 15) is 0 Å². The summed E-state index contributed by atoms with van der Waals surface area (Å²) in [5.41, 5.74) is 1.29. The Labute approximate surface area is 96.1 Å². The number of nitrogens with one attached hydrogen (secondary N) is 1. The zero-order valence-corrected chi connectivity index (χ0v) is 10.4. The first-order valence-electron chi connectivity index (χ1n) is 5.88. The summed E-state index contributed by atoms with van der Waals surface area (Å²) in [7, 11) is 0. The first-order chi connectivity index (χ1) is 7.24. The monoisotopic (exact) mass is 224 g/mol. The fourth-order valence-electron chi connectivity index (χ4n) is 2.09. The molecule has 1 atom stereocenters. The topological polar surface area (TPSA) is 24.9 Å². The highest BCUT2D eigenvalue weighted by Gasteiger charge is 2.16. The highest BCUT2D eigenvalue weighted by molar-refractivity contribution is 7.09. The van der Waals surface area contributed by atoms with E-state index in [2.05, 4.69) is 24.5 Å². The van der Waals surface area contributed by atoms with Gasteiger partial charge >= 0.3 is 0 Å². The number of nitrogens with zero attached hydrogens (tertiary/aromatic N) is 1. The van der Waals surface area contributed by atoms with Gasteiger partial charge in [0.15, 0.2) is 0 Å². The minimum atomic E-state index is 0.716. The van der Waals surface area contributed by atoms with Gasteiger partial charge in [-0.05, 0) is 37.8 Å². The van der Waals surface area contributed by atoms with Gasteiger partial charge in [0.05, 0.1) is 10.7 Å². The van der Waals surface area contributed by atoms with E-state index in [1.165, 1.54) is 36.6 Å². The molecular formula is C12H20N2S. The van der Waals surface area contributed by atoms with E-state index in [0.29, 0.717) is 5.92 Å². The van der Waals surface area contributed by atoms with Crippen LogP contribution in [-0.4, -0.2) is 18.1 Å². The lowest BCUT2D eigenvalue weighted by atomic mass is 10.1. The van der Waals surface area contributed by atoms with E-state index in [1.54, 1.807) is 0 Å². The van der Waals surface area contributed by atoms with Crippen LogP contribution in [0.5, 0.6) is 0 Å². The van der Waals surface area contributed by atoms with Crippen molar-refractivity contribution in [3.05, 3.63) is 16.1 Å². The summed E-state index contributed by atoms with van der Waals surface area (Å²) in [6.45, 7) is 6.87. The van der Waals surface area contributed by atoms with Gasteiger partial charge < -0.3 is 5.32 Å². The lowest BCUT2D eigenvalue weighted by Gasteiger charge is -2.04. The van der Waals surface area contributed by atoms with Crippen LogP contribution in [0.3, 0.4) is 0 Å². The molecule has 1 N–H and O–H groups in total. The predicted octanol–water partition coefficient (Wildman–Crippen LogP) is 2.49. The van der Waals surface area contributed by atoms with Gasteiger partial charge in [-0.25, -0.2) is 4.98 Å². The van der Waals surface area contributed by atoms with Crippen LogP contribution in [-0.2, 0) is 12.8 Å². The molecule has 15 heavy (non-hydrogen) atoms. The number of aromatic nitrogens is 1. The van der Waals surface area contributed by atoms with Crippen molar-refractivity contribution in [1.29, 1.82) is 0 Å². The maximum Gasteiger partial charge on any atom is 0.0931 e. The zero-order chi connectivity index (χ0) is 10.7. The highest BCUT2D eigenvalue weighted by atomic mass is 32.1. The van der Waals surface area contributed by atoms with Gasteiger partial charge in [-0.2, -0.15) is 0 Å². The Morgan fingerprint density at radius 1 is 1.60 bits per heavy atom. The molecular weight excluding hydrogens is 204 g/mol. The molecule has 1 aromatic heterocycles. The maximum atomic E-state index is 4.70. The van der Waals surface area contributed by atoms with E-state index >= 15 is 0 Å². The van der Waals surface area contributed by atoms with Gasteiger partial charge in [0, 0.05) is 11.8 Å². The minimum absolute atomic E-state index is 0.716. The standard InChI is InChI=1S/C12H20N2S/c1-9(2)5-11-8-15-12(14-11)6-10-3-4-13-7-10/h8-10,13H,3-7H2,1-2H3. The van der Waals surface area contributed by atoms with Gasteiger partial charge in [0.25, 0.3) is 0 Å². The first-order valence-corrected chi connectivity index (χ1v) is 6.76. The van der Waals surface area contributed by atoms with Gasteiger partial charge in [-0.3, -0.25) is 0 Å².